The molecule has 0 fully saturated rings. The Morgan fingerprint density at radius 1 is 1.00 bits per heavy atom. The number of carbonyl (C=O) groups excluding carboxylic acids is 1. The van der Waals surface area contributed by atoms with Gasteiger partial charge in [0.25, 0.3) is 8.32 Å². The van der Waals surface area contributed by atoms with Crippen LogP contribution in [0, 0.1) is 0 Å². The fraction of sp³-hybridized carbons (Fsp3) is 0.484. The van der Waals surface area contributed by atoms with E-state index in [1.165, 1.54) is 21.3 Å². The Bertz CT molecular complexity index is 1000. The highest BCUT2D eigenvalue weighted by molar-refractivity contribution is 8.02. The van der Waals surface area contributed by atoms with Crippen LogP contribution in [0.25, 0.3) is 0 Å². The number of benzene rings is 2. The number of hydrogen-bond donors (Lipinski definition) is 0. The Labute approximate surface area is 237 Å². The molecular formula is C31H47NO3SSi2. The topological polar surface area (TPSA) is 47.9 Å². The van der Waals surface area contributed by atoms with Gasteiger partial charge in [-0.2, -0.15) is 0 Å². The van der Waals surface area contributed by atoms with Crippen molar-refractivity contribution >= 4 is 50.7 Å². The molecule has 0 spiro atoms. The lowest BCUT2D eigenvalue weighted by Crippen LogP contribution is -2.68. The van der Waals surface area contributed by atoms with Crippen LogP contribution in [0.4, 0.5) is 0 Å². The van der Waals surface area contributed by atoms with Gasteiger partial charge in [0.05, 0.1) is 19.1 Å². The average Bonchev–Trinajstić information content (AvgIpc) is 2.85. The zero-order valence-electron chi connectivity index (χ0n) is 24.6. The minimum Gasteiger partial charge on any atom is -0.466 e. The van der Waals surface area contributed by atoms with E-state index in [0.717, 1.165) is 6.42 Å². The summed E-state index contributed by atoms with van der Waals surface area (Å²) in [6.07, 6.45) is 6.87. The van der Waals surface area contributed by atoms with Gasteiger partial charge in [-0.15, -0.1) is 11.8 Å². The van der Waals surface area contributed by atoms with Crippen LogP contribution < -0.4 is 10.4 Å². The largest absolute Gasteiger partial charge is 0.466 e. The van der Waals surface area contributed by atoms with Crippen LogP contribution in [0.2, 0.25) is 30.7 Å². The van der Waals surface area contributed by atoms with Gasteiger partial charge in [0.1, 0.15) is 0 Å². The van der Waals surface area contributed by atoms with Crippen LogP contribution >= 0.6 is 11.8 Å². The number of aliphatic imine (C=N–C) groups is 1. The third-order valence-corrected chi connectivity index (χ3v) is 13.9. The summed E-state index contributed by atoms with van der Waals surface area (Å²) in [5, 5.41) is 2.17. The molecule has 38 heavy (non-hydrogen) atoms. The molecule has 0 N–H and O–H groups in total. The Morgan fingerprint density at radius 3 is 2.00 bits per heavy atom. The summed E-state index contributed by atoms with van der Waals surface area (Å²) in [5.41, 5.74) is 0. The molecular weight excluding hydrogens is 523 g/mol. The maximum absolute atomic E-state index is 12.7. The Hall–Kier alpha value is -1.94. The van der Waals surface area contributed by atoms with Gasteiger partial charge in [-0.3, -0.25) is 9.79 Å². The van der Waals surface area contributed by atoms with Gasteiger partial charge >= 0.3 is 5.97 Å². The normalized spacial score (nSPS) is 14.1. The quantitative estimate of drug-likeness (QED) is 0.107. The second-order valence-corrected chi connectivity index (χ2v) is 22.4. The van der Waals surface area contributed by atoms with Crippen LogP contribution in [-0.2, 0) is 14.0 Å². The molecule has 4 nitrogen and oxygen atoms in total. The molecule has 0 bridgehead atoms. The minimum atomic E-state index is -2.83. The van der Waals surface area contributed by atoms with E-state index in [4.69, 9.17) is 14.2 Å². The molecule has 2 aromatic rings. The summed E-state index contributed by atoms with van der Waals surface area (Å²) in [6.45, 7) is 16.8. The predicted octanol–water partition coefficient (Wildman–Crippen LogP) is 6.93. The molecule has 0 aliphatic rings. The van der Waals surface area contributed by atoms with Crippen molar-refractivity contribution in [2.45, 2.75) is 77.4 Å². The molecule has 0 heterocycles. The summed E-state index contributed by atoms with van der Waals surface area (Å²) in [5.74, 6) is -0.262. The number of thioether (sulfide) groups is 1. The molecule has 208 valence electrons. The predicted molar refractivity (Wildman–Crippen MR) is 171 cm³/mol. The van der Waals surface area contributed by atoms with Crippen molar-refractivity contribution in [2.75, 3.05) is 19.4 Å². The molecule has 0 saturated carbocycles. The number of carbonyl (C=O) groups is 1. The second-order valence-electron chi connectivity index (χ2n) is 11.8. The molecule has 0 amide bonds. The van der Waals surface area contributed by atoms with Gasteiger partial charge in [0.15, 0.2) is 0 Å². The van der Waals surface area contributed by atoms with Gasteiger partial charge in [-0.05, 0) is 46.0 Å². The van der Waals surface area contributed by atoms with Crippen molar-refractivity contribution in [1.29, 1.82) is 0 Å². The monoisotopic (exact) mass is 569 g/mol. The summed E-state index contributed by atoms with van der Waals surface area (Å²) >= 11 is 1.84. The Balaban J connectivity index is 2.42. The van der Waals surface area contributed by atoms with Crippen molar-refractivity contribution < 1.29 is 14.0 Å². The lowest BCUT2D eigenvalue weighted by atomic mass is 10.2. The van der Waals surface area contributed by atoms with E-state index in [1.54, 1.807) is 0 Å². The minimum absolute atomic E-state index is 0.142. The van der Waals surface area contributed by atoms with E-state index < -0.39 is 22.5 Å². The summed E-state index contributed by atoms with van der Waals surface area (Å²) in [7, 11) is -3.99. The highest BCUT2D eigenvalue weighted by Crippen LogP contribution is 2.37. The van der Waals surface area contributed by atoms with Gasteiger partial charge in [-0.1, -0.05) is 107 Å². The number of hydrogen-bond acceptors (Lipinski definition) is 5. The van der Waals surface area contributed by atoms with Crippen LogP contribution in [0.3, 0.4) is 0 Å². The smallest absolute Gasteiger partial charge is 0.308 e. The van der Waals surface area contributed by atoms with E-state index in [0.29, 0.717) is 13.2 Å². The van der Waals surface area contributed by atoms with Crippen LogP contribution in [0.5, 0.6) is 0 Å². The maximum atomic E-state index is 12.7. The number of nitrogens with zero attached hydrogens (tertiary/aromatic N) is 1. The third kappa shape index (κ3) is 9.67. The number of esters is 1. The summed E-state index contributed by atoms with van der Waals surface area (Å²) in [6, 6.07) is 22.2. The molecule has 1 unspecified atom stereocenters. The summed E-state index contributed by atoms with van der Waals surface area (Å²) in [4.78, 5) is 18.9. The average molecular weight is 570 g/mol. The first kappa shape index (κ1) is 32.3. The van der Waals surface area contributed by atoms with Crippen LogP contribution in [0.1, 0.15) is 40.5 Å². The van der Waals surface area contributed by atoms with Crippen molar-refractivity contribution in [1.82, 2.24) is 0 Å². The third-order valence-electron chi connectivity index (χ3n) is 6.29. The lowest BCUT2D eigenvalue weighted by Gasteiger charge is -2.44. The van der Waals surface area contributed by atoms with Crippen molar-refractivity contribution in [3.05, 3.63) is 71.6 Å². The van der Waals surface area contributed by atoms with Gasteiger partial charge < -0.3 is 9.16 Å². The molecule has 2 aromatic carbocycles. The molecule has 2 rings (SSSR count). The van der Waals surface area contributed by atoms with Crippen molar-refractivity contribution in [3.8, 4) is 0 Å². The maximum Gasteiger partial charge on any atom is 0.308 e. The molecule has 1 atom stereocenters. The zero-order chi connectivity index (χ0) is 28.2. The number of rotatable bonds is 14. The van der Waals surface area contributed by atoms with Gasteiger partial charge in [0.2, 0.25) is 0 Å². The van der Waals surface area contributed by atoms with Crippen LogP contribution in [-0.4, -0.2) is 54.1 Å². The van der Waals surface area contributed by atoms with Gasteiger partial charge in [0, 0.05) is 20.8 Å². The molecule has 0 radical (unpaired) electrons. The molecule has 0 aliphatic carbocycles. The zero-order valence-corrected chi connectivity index (χ0v) is 27.4. The molecule has 0 aliphatic heterocycles. The Morgan fingerprint density at radius 2 is 1.55 bits per heavy atom. The first-order valence-corrected chi connectivity index (χ1v) is 20.4. The fourth-order valence-corrected chi connectivity index (χ4v) is 12.6. The van der Waals surface area contributed by atoms with E-state index in [-0.39, 0.29) is 17.4 Å². The van der Waals surface area contributed by atoms with E-state index in [1.807, 2.05) is 37.0 Å². The SMILES string of the molecule is CCOC(=O)CC(C=NCC/C=C(\C[Si](C)(C)C)SC)O[Si](c1ccccc1)(c1ccccc1)C(C)(C)C. The molecule has 7 heteroatoms. The number of allylic oxidation sites excluding steroid dienone is 1. The standard InChI is InChI=1S/C31H47NO3SSi2/c1-9-34-30(33)23-26(24-32-22-16-17-27(36-5)25-37(6,7)8)35-38(31(2,3)4,28-18-12-10-13-19-28)29-20-14-11-15-21-29/h10-15,17-21,24,26H,9,16,22-23,25H2,1-8H3/b27-17+,32-24?. The lowest BCUT2D eigenvalue weighted by molar-refractivity contribution is -0.144. The Kier molecular flexibility index (Phi) is 12.7. The van der Waals surface area contributed by atoms with E-state index >= 15 is 0 Å². The molecule has 0 saturated heterocycles. The van der Waals surface area contributed by atoms with E-state index in [9.17, 15) is 4.79 Å². The van der Waals surface area contributed by atoms with Crippen LogP contribution in [0.15, 0.2) is 76.6 Å². The van der Waals surface area contributed by atoms with Crippen molar-refractivity contribution in [2.24, 2.45) is 4.99 Å². The highest BCUT2D eigenvalue weighted by Gasteiger charge is 2.51. The van der Waals surface area contributed by atoms with Crippen molar-refractivity contribution in [3.63, 3.8) is 0 Å². The highest BCUT2D eigenvalue weighted by atomic mass is 32.2. The fourth-order valence-electron chi connectivity index (χ4n) is 4.67. The first-order valence-electron chi connectivity index (χ1n) is 13.6. The summed E-state index contributed by atoms with van der Waals surface area (Å²) < 4.78 is 12.5. The second kappa shape index (κ2) is 15.0. The molecule has 0 aromatic heterocycles. The van der Waals surface area contributed by atoms with E-state index in [2.05, 4.69) is 101 Å². The van der Waals surface area contributed by atoms with Gasteiger partial charge in [-0.25, -0.2) is 0 Å². The number of ether oxygens (including phenoxy) is 1. The first-order chi connectivity index (χ1) is 17.9.